The number of aliphatic hydroxyl groups is 2. The number of fused-ring (bicyclic) bond motifs is 2. The molecule has 0 radical (unpaired) electrons. The molecule has 4 aromatic rings. The largest absolute Gasteiger partial charge is 0.489 e. The SMILES string of the molecule is Cc1c(OC[C@H](C)O)cn2ncnc(Oc3ccc4[nH]c(CO)cc4c3F)c12. The summed E-state index contributed by atoms with van der Waals surface area (Å²) in [5.41, 5.74) is 2.32. The lowest BCUT2D eigenvalue weighted by Crippen LogP contribution is -2.12. The number of halogens is 1. The second kappa shape index (κ2) is 7.10. The van der Waals surface area contributed by atoms with Crippen molar-refractivity contribution in [1.82, 2.24) is 19.6 Å². The summed E-state index contributed by atoms with van der Waals surface area (Å²) in [6.07, 6.45) is 2.34. The van der Waals surface area contributed by atoms with Gasteiger partial charge in [-0.3, -0.25) is 0 Å². The molecule has 0 amide bonds. The Morgan fingerprint density at radius 2 is 2.14 bits per heavy atom. The van der Waals surface area contributed by atoms with Gasteiger partial charge in [-0.1, -0.05) is 0 Å². The second-order valence-electron chi connectivity index (χ2n) is 6.53. The average Bonchev–Trinajstić information content (AvgIpc) is 3.24. The van der Waals surface area contributed by atoms with Gasteiger partial charge >= 0.3 is 0 Å². The molecule has 3 heterocycles. The van der Waals surface area contributed by atoms with E-state index in [0.717, 1.165) is 0 Å². The first-order valence-corrected chi connectivity index (χ1v) is 8.70. The molecule has 3 aromatic heterocycles. The van der Waals surface area contributed by atoms with Crippen LogP contribution in [0.1, 0.15) is 18.2 Å². The molecular formula is C19H19FN4O4. The maximum atomic E-state index is 14.9. The van der Waals surface area contributed by atoms with Crippen molar-refractivity contribution < 1.29 is 24.1 Å². The Bertz CT molecular complexity index is 1150. The van der Waals surface area contributed by atoms with Gasteiger partial charge in [-0.2, -0.15) is 10.1 Å². The highest BCUT2D eigenvalue weighted by atomic mass is 19.1. The lowest BCUT2D eigenvalue weighted by atomic mass is 10.2. The van der Waals surface area contributed by atoms with Crippen molar-refractivity contribution in [2.45, 2.75) is 26.6 Å². The van der Waals surface area contributed by atoms with Gasteiger partial charge in [-0.25, -0.2) is 8.91 Å². The van der Waals surface area contributed by atoms with E-state index in [1.807, 2.05) is 6.92 Å². The average molecular weight is 386 g/mol. The van der Waals surface area contributed by atoms with Gasteiger partial charge in [0.05, 0.1) is 18.9 Å². The number of nitrogens with one attached hydrogen (secondary N) is 1. The van der Waals surface area contributed by atoms with Crippen molar-refractivity contribution in [2.24, 2.45) is 0 Å². The Labute approximate surface area is 159 Å². The van der Waals surface area contributed by atoms with Crippen LogP contribution in [-0.2, 0) is 6.61 Å². The van der Waals surface area contributed by atoms with Gasteiger partial charge in [0.25, 0.3) is 0 Å². The Hall–Kier alpha value is -3.17. The highest BCUT2D eigenvalue weighted by molar-refractivity contribution is 5.83. The topological polar surface area (TPSA) is 105 Å². The van der Waals surface area contributed by atoms with E-state index in [1.165, 1.54) is 23.0 Å². The normalized spacial score (nSPS) is 12.6. The third-order valence-electron chi connectivity index (χ3n) is 4.36. The molecule has 146 valence electrons. The zero-order valence-corrected chi connectivity index (χ0v) is 15.3. The first kappa shape index (κ1) is 18.2. The van der Waals surface area contributed by atoms with Crippen LogP contribution < -0.4 is 9.47 Å². The van der Waals surface area contributed by atoms with Crippen LogP contribution in [0, 0.1) is 12.7 Å². The van der Waals surface area contributed by atoms with Gasteiger partial charge < -0.3 is 24.7 Å². The number of H-pyrrole nitrogens is 1. The van der Waals surface area contributed by atoms with Crippen LogP contribution in [0.3, 0.4) is 0 Å². The number of hydrogen-bond acceptors (Lipinski definition) is 6. The molecule has 0 aliphatic carbocycles. The van der Waals surface area contributed by atoms with Crippen molar-refractivity contribution >= 4 is 16.4 Å². The number of aryl methyl sites for hydroxylation is 1. The summed E-state index contributed by atoms with van der Waals surface area (Å²) in [7, 11) is 0. The zero-order chi connectivity index (χ0) is 19.8. The lowest BCUT2D eigenvalue weighted by Gasteiger charge is -2.09. The van der Waals surface area contributed by atoms with E-state index in [2.05, 4.69) is 15.1 Å². The highest BCUT2D eigenvalue weighted by Crippen LogP contribution is 2.34. The summed E-state index contributed by atoms with van der Waals surface area (Å²) in [6, 6.07) is 4.71. The van der Waals surface area contributed by atoms with E-state index in [4.69, 9.17) is 9.47 Å². The molecule has 0 unspecified atom stereocenters. The fraction of sp³-hybridized carbons (Fsp3) is 0.263. The number of aromatic amines is 1. The van der Waals surface area contributed by atoms with Crippen LogP contribution in [0.5, 0.6) is 17.4 Å². The minimum atomic E-state index is -0.616. The number of ether oxygens (including phenoxy) is 2. The van der Waals surface area contributed by atoms with Crippen LogP contribution in [0.4, 0.5) is 4.39 Å². The van der Waals surface area contributed by atoms with Gasteiger partial charge in [0.1, 0.15) is 24.2 Å². The van der Waals surface area contributed by atoms with Gasteiger partial charge in [0.2, 0.25) is 5.88 Å². The maximum Gasteiger partial charge on any atom is 0.247 e. The summed E-state index contributed by atoms with van der Waals surface area (Å²) >= 11 is 0. The molecule has 0 aliphatic rings. The lowest BCUT2D eigenvalue weighted by molar-refractivity contribution is 0.122. The van der Waals surface area contributed by atoms with Crippen molar-refractivity contribution in [3.63, 3.8) is 0 Å². The third-order valence-corrected chi connectivity index (χ3v) is 4.36. The van der Waals surface area contributed by atoms with Crippen LogP contribution in [0.2, 0.25) is 0 Å². The van der Waals surface area contributed by atoms with Crippen molar-refractivity contribution in [1.29, 1.82) is 0 Å². The monoisotopic (exact) mass is 386 g/mol. The maximum absolute atomic E-state index is 14.9. The first-order chi connectivity index (χ1) is 13.5. The quantitative estimate of drug-likeness (QED) is 0.471. The number of hydrogen-bond donors (Lipinski definition) is 3. The van der Waals surface area contributed by atoms with Gasteiger partial charge in [-0.15, -0.1) is 0 Å². The molecule has 1 atom stereocenters. The number of nitrogens with zero attached hydrogens (tertiary/aromatic N) is 3. The van der Waals surface area contributed by atoms with Crippen molar-refractivity contribution in [3.8, 4) is 17.4 Å². The Balaban J connectivity index is 1.73. The number of aliphatic hydroxyl groups excluding tert-OH is 2. The van der Waals surface area contributed by atoms with Crippen LogP contribution in [0.25, 0.3) is 16.4 Å². The Morgan fingerprint density at radius 1 is 1.32 bits per heavy atom. The van der Waals surface area contributed by atoms with Gasteiger partial charge in [-0.05, 0) is 32.0 Å². The number of rotatable bonds is 6. The molecule has 0 saturated carbocycles. The summed E-state index contributed by atoms with van der Waals surface area (Å²) in [4.78, 5) is 7.07. The van der Waals surface area contributed by atoms with Gasteiger partial charge in [0.15, 0.2) is 11.6 Å². The van der Waals surface area contributed by atoms with Crippen LogP contribution >= 0.6 is 0 Å². The molecular weight excluding hydrogens is 367 g/mol. The van der Waals surface area contributed by atoms with E-state index in [0.29, 0.717) is 33.4 Å². The van der Waals surface area contributed by atoms with Crippen LogP contribution in [-0.4, -0.2) is 42.5 Å². The molecule has 9 heteroatoms. The second-order valence-corrected chi connectivity index (χ2v) is 6.53. The summed E-state index contributed by atoms with van der Waals surface area (Å²) in [6.45, 7) is 3.35. The first-order valence-electron chi connectivity index (χ1n) is 8.70. The Kier molecular flexibility index (Phi) is 4.62. The van der Waals surface area contributed by atoms with E-state index in [1.54, 1.807) is 19.2 Å². The zero-order valence-electron chi connectivity index (χ0n) is 15.3. The summed E-state index contributed by atoms with van der Waals surface area (Å²) in [5, 5.41) is 23.1. The fourth-order valence-electron chi connectivity index (χ4n) is 3.01. The smallest absolute Gasteiger partial charge is 0.247 e. The molecule has 1 aromatic carbocycles. The van der Waals surface area contributed by atoms with E-state index in [-0.39, 0.29) is 24.8 Å². The predicted octanol–water partition coefficient (Wildman–Crippen LogP) is 2.70. The Morgan fingerprint density at radius 3 is 2.89 bits per heavy atom. The minimum Gasteiger partial charge on any atom is -0.489 e. The van der Waals surface area contributed by atoms with Crippen molar-refractivity contribution in [2.75, 3.05) is 6.61 Å². The molecule has 0 fully saturated rings. The molecule has 0 saturated heterocycles. The number of benzene rings is 1. The minimum absolute atomic E-state index is 0.00337. The van der Waals surface area contributed by atoms with Crippen LogP contribution in [0.15, 0.2) is 30.7 Å². The molecule has 0 spiro atoms. The van der Waals surface area contributed by atoms with E-state index >= 15 is 0 Å². The number of aromatic nitrogens is 4. The highest BCUT2D eigenvalue weighted by Gasteiger charge is 2.18. The predicted molar refractivity (Wildman–Crippen MR) is 99.2 cm³/mol. The molecule has 4 rings (SSSR count). The molecule has 0 aliphatic heterocycles. The van der Waals surface area contributed by atoms with Crippen molar-refractivity contribution in [3.05, 3.63) is 47.8 Å². The standard InChI is InChI=1S/C19H19FN4O4/c1-10(26)8-27-16-6-24-18(11(16)2)19(21-9-22-24)28-15-4-3-14-13(17(15)20)5-12(7-25)23-14/h3-6,9-10,23,25-26H,7-8H2,1-2H3/t10-/m0/s1. The molecule has 28 heavy (non-hydrogen) atoms. The summed E-state index contributed by atoms with van der Waals surface area (Å²) < 4.78 is 27.8. The summed E-state index contributed by atoms with van der Waals surface area (Å²) in [5.74, 6) is 0.152. The molecule has 0 bridgehead atoms. The van der Waals surface area contributed by atoms with E-state index < -0.39 is 11.9 Å². The molecule has 3 N–H and O–H groups in total. The van der Waals surface area contributed by atoms with Gasteiger partial charge in [0, 0.05) is 22.2 Å². The molecule has 8 nitrogen and oxygen atoms in total. The van der Waals surface area contributed by atoms with E-state index in [9.17, 15) is 14.6 Å². The third kappa shape index (κ3) is 3.14. The fourth-order valence-corrected chi connectivity index (χ4v) is 3.01.